The molecule has 0 aliphatic carbocycles. The molecule has 0 bridgehead atoms. The van der Waals surface area contributed by atoms with E-state index in [1.807, 2.05) is 0 Å². The maximum atomic E-state index is 12.2. The highest BCUT2D eigenvalue weighted by Crippen LogP contribution is 2.22. The number of benzene rings is 1. The molecule has 4 nitrogen and oxygen atoms in total. The predicted octanol–water partition coefficient (Wildman–Crippen LogP) is 2.55. The summed E-state index contributed by atoms with van der Waals surface area (Å²) in [5, 5.41) is 0. The van der Waals surface area contributed by atoms with Crippen LogP contribution < -0.4 is 0 Å². The fraction of sp³-hybridized carbons (Fsp3) is 0.474. The van der Waals surface area contributed by atoms with Crippen LogP contribution in [0.25, 0.3) is 0 Å². The fourth-order valence-electron chi connectivity index (χ4n) is 3.45. The van der Waals surface area contributed by atoms with Crippen molar-refractivity contribution < 1.29 is 9.59 Å². The van der Waals surface area contributed by atoms with Crippen LogP contribution in [0.15, 0.2) is 24.3 Å². The van der Waals surface area contributed by atoms with Gasteiger partial charge in [0.05, 0.1) is 24.2 Å². The maximum absolute atomic E-state index is 12.2. The van der Waals surface area contributed by atoms with Gasteiger partial charge in [-0.3, -0.25) is 19.4 Å². The van der Waals surface area contributed by atoms with Gasteiger partial charge in [-0.05, 0) is 38.8 Å². The first-order chi connectivity index (χ1) is 11.1. The zero-order valence-corrected chi connectivity index (χ0v) is 13.7. The van der Waals surface area contributed by atoms with Gasteiger partial charge in [0.2, 0.25) is 0 Å². The number of hydrogen-bond acceptors (Lipinski definition) is 3. The molecule has 2 amide bonds. The van der Waals surface area contributed by atoms with E-state index < -0.39 is 0 Å². The number of hydrogen-bond donors (Lipinski definition) is 0. The van der Waals surface area contributed by atoms with Crippen LogP contribution in [-0.2, 0) is 0 Å². The summed E-state index contributed by atoms with van der Waals surface area (Å²) in [4.78, 5) is 28.1. The van der Waals surface area contributed by atoms with E-state index in [4.69, 9.17) is 0 Å². The van der Waals surface area contributed by atoms with Crippen LogP contribution in [0, 0.1) is 11.8 Å². The van der Waals surface area contributed by atoms with Crippen molar-refractivity contribution >= 4 is 11.8 Å². The zero-order chi connectivity index (χ0) is 16.4. The van der Waals surface area contributed by atoms with E-state index in [0.29, 0.717) is 29.8 Å². The number of amides is 2. The molecule has 2 aliphatic heterocycles. The van der Waals surface area contributed by atoms with Crippen LogP contribution in [0.1, 0.15) is 53.8 Å². The van der Waals surface area contributed by atoms with Crippen molar-refractivity contribution in [2.24, 2.45) is 0 Å². The van der Waals surface area contributed by atoms with Gasteiger partial charge < -0.3 is 0 Å². The molecule has 2 heterocycles. The molecule has 1 saturated heterocycles. The first-order valence-corrected chi connectivity index (χ1v) is 8.26. The summed E-state index contributed by atoms with van der Waals surface area (Å²) >= 11 is 0. The molecule has 120 valence electrons. The molecule has 0 unspecified atom stereocenters. The van der Waals surface area contributed by atoms with Crippen molar-refractivity contribution in [3.63, 3.8) is 0 Å². The van der Waals surface area contributed by atoms with E-state index in [-0.39, 0.29) is 18.4 Å². The molecule has 2 aliphatic rings. The van der Waals surface area contributed by atoms with E-state index in [9.17, 15) is 9.59 Å². The van der Waals surface area contributed by atoms with Gasteiger partial charge >= 0.3 is 0 Å². The molecule has 0 spiro atoms. The third-order valence-electron chi connectivity index (χ3n) is 4.88. The molecule has 0 N–H and O–H groups in total. The Morgan fingerprint density at radius 3 is 2.04 bits per heavy atom. The van der Waals surface area contributed by atoms with Crippen molar-refractivity contribution in [2.45, 2.75) is 45.2 Å². The van der Waals surface area contributed by atoms with Crippen molar-refractivity contribution in [2.75, 3.05) is 13.1 Å². The van der Waals surface area contributed by atoms with Crippen molar-refractivity contribution in [1.29, 1.82) is 0 Å². The molecule has 3 rings (SSSR count). The summed E-state index contributed by atoms with van der Waals surface area (Å²) in [6.45, 7) is 5.34. The van der Waals surface area contributed by atoms with Gasteiger partial charge in [-0.15, -0.1) is 0 Å². The molecule has 0 radical (unpaired) electrons. The topological polar surface area (TPSA) is 40.6 Å². The second-order valence-corrected chi connectivity index (χ2v) is 6.40. The normalized spacial score (nSPS) is 24.3. The average molecular weight is 310 g/mol. The lowest BCUT2D eigenvalue weighted by Gasteiger charge is -2.37. The molecule has 2 atom stereocenters. The first-order valence-electron chi connectivity index (χ1n) is 8.26. The average Bonchev–Trinajstić information content (AvgIpc) is 2.79. The SMILES string of the molecule is C[C@@H]1CCC[C@H](C)N1CC#CCN1C(=O)c2ccccc2C1=O. The molecule has 0 saturated carbocycles. The molecule has 23 heavy (non-hydrogen) atoms. The Bertz CT molecular complexity index is 641. The molecule has 1 fully saturated rings. The summed E-state index contributed by atoms with van der Waals surface area (Å²) in [7, 11) is 0. The predicted molar refractivity (Wildman–Crippen MR) is 89.1 cm³/mol. The number of carbonyl (C=O) groups is 2. The molecule has 0 aromatic heterocycles. The summed E-state index contributed by atoms with van der Waals surface area (Å²) in [6.07, 6.45) is 3.70. The Labute approximate surface area is 137 Å². The molecule has 4 heteroatoms. The van der Waals surface area contributed by atoms with Crippen LogP contribution >= 0.6 is 0 Å². The second-order valence-electron chi connectivity index (χ2n) is 6.40. The third kappa shape index (κ3) is 3.02. The van der Waals surface area contributed by atoms with Crippen LogP contribution in [0.2, 0.25) is 0 Å². The van der Waals surface area contributed by atoms with Gasteiger partial charge in [-0.2, -0.15) is 0 Å². The van der Waals surface area contributed by atoms with Crippen molar-refractivity contribution in [3.05, 3.63) is 35.4 Å². The van der Waals surface area contributed by atoms with Gasteiger partial charge in [0, 0.05) is 12.1 Å². The molecular formula is C19H22N2O2. The van der Waals surface area contributed by atoms with Crippen LogP contribution in [-0.4, -0.2) is 46.8 Å². The summed E-state index contributed by atoms with van der Waals surface area (Å²) in [5.41, 5.74) is 0.968. The van der Waals surface area contributed by atoms with Gasteiger partial charge in [-0.25, -0.2) is 0 Å². The highest BCUT2D eigenvalue weighted by molar-refractivity contribution is 6.21. The fourth-order valence-corrected chi connectivity index (χ4v) is 3.45. The van der Waals surface area contributed by atoms with E-state index in [2.05, 4.69) is 30.6 Å². The quantitative estimate of drug-likeness (QED) is 0.622. The van der Waals surface area contributed by atoms with Gasteiger partial charge in [-0.1, -0.05) is 30.4 Å². The number of nitrogens with zero attached hydrogens (tertiary/aromatic N) is 2. The lowest BCUT2D eigenvalue weighted by atomic mass is 9.98. The van der Waals surface area contributed by atoms with E-state index in [0.717, 1.165) is 0 Å². The minimum atomic E-state index is -0.236. The monoisotopic (exact) mass is 310 g/mol. The summed E-state index contributed by atoms with van der Waals surface area (Å²) < 4.78 is 0. The Kier molecular flexibility index (Phi) is 4.49. The van der Waals surface area contributed by atoms with Crippen LogP contribution in [0.3, 0.4) is 0 Å². The number of carbonyl (C=O) groups excluding carboxylic acids is 2. The van der Waals surface area contributed by atoms with Gasteiger partial charge in [0.25, 0.3) is 11.8 Å². The lowest BCUT2D eigenvalue weighted by molar-refractivity contribution is 0.0674. The number of rotatable bonds is 2. The minimum Gasteiger partial charge on any atom is -0.287 e. The van der Waals surface area contributed by atoms with E-state index in [1.54, 1.807) is 24.3 Å². The van der Waals surface area contributed by atoms with Crippen molar-refractivity contribution in [1.82, 2.24) is 9.80 Å². The largest absolute Gasteiger partial charge is 0.287 e. The highest BCUT2D eigenvalue weighted by Gasteiger charge is 2.34. The number of likely N-dealkylation sites (tertiary alicyclic amines) is 1. The number of imide groups is 1. The Balaban J connectivity index is 1.62. The Morgan fingerprint density at radius 1 is 0.957 bits per heavy atom. The second kappa shape index (κ2) is 6.55. The minimum absolute atomic E-state index is 0.170. The standard InChI is InChI=1S/C19H22N2O2/c1-14-8-7-9-15(2)20(14)12-5-6-13-21-18(22)16-10-3-4-11-17(16)19(21)23/h3-4,10-11,14-15H,7-9,12-13H2,1-2H3/t14-,15+. The maximum Gasteiger partial charge on any atom is 0.262 e. The highest BCUT2D eigenvalue weighted by atomic mass is 16.2. The van der Waals surface area contributed by atoms with Crippen LogP contribution in [0.4, 0.5) is 0 Å². The van der Waals surface area contributed by atoms with Crippen molar-refractivity contribution in [3.8, 4) is 11.8 Å². The van der Waals surface area contributed by atoms with Gasteiger partial charge in [0.15, 0.2) is 0 Å². The summed E-state index contributed by atoms with van der Waals surface area (Å²) in [5.74, 6) is 5.67. The van der Waals surface area contributed by atoms with E-state index in [1.165, 1.54) is 24.2 Å². The first kappa shape index (κ1) is 15.8. The number of piperidine rings is 1. The zero-order valence-electron chi connectivity index (χ0n) is 13.7. The smallest absolute Gasteiger partial charge is 0.262 e. The molecule has 1 aromatic rings. The number of fused-ring (bicyclic) bond motifs is 1. The molecular weight excluding hydrogens is 288 g/mol. The Morgan fingerprint density at radius 2 is 1.48 bits per heavy atom. The van der Waals surface area contributed by atoms with Crippen LogP contribution in [0.5, 0.6) is 0 Å². The van der Waals surface area contributed by atoms with Gasteiger partial charge in [0.1, 0.15) is 0 Å². The summed E-state index contributed by atoms with van der Waals surface area (Å²) in [6, 6.07) is 8.04. The third-order valence-corrected chi connectivity index (χ3v) is 4.88. The molecule has 1 aromatic carbocycles. The van der Waals surface area contributed by atoms with E-state index >= 15 is 0 Å². The Hall–Kier alpha value is -2.12. The lowest BCUT2D eigenvalue weighted by Crippen LogP contribution is -2.43.